The highest BCUT2D eigenvalue weighted by Crippen LogP contribution is 2.25. The molecule has 0 saturated heterocycles. The third-order valence-corrected chi connectivity index (χ3v) is 2.35. The van der Waals surface area contributed by atoms with Crippen molar-refractivity contribution in [1.29, 1.82) is 0 Å². The summed E-state index contributed by atoms with van der Waals surface area (Å²) in [6.45, 7) is 6.48. The Labute approximate surface area is 86.8 Å². The first-order chi connectivity index (χ1) is 6.65. The van der Waals surface area contributed by atoms with Crippen LogP contribution in [0.25, 0.3) is 0 Å². The van der Waals surface area contributed by atoms with E-state index in [1.807, 2.05) is 18.2 Å². The minimum Gasteiger partial charge on any atom is -0.507 e. The van der Waals surface area contributed by atoms with Gasteiger partial charge in [0.05, 0.1) is 0 Å². The molecular formula is C13H20O. The summed E-state index contributed by atoms with van der Waals surface area (Å²) in [5.74, 6) is 1.11. The van der Waals surface area contributed by atoms with E-state index in [0.717, 1.165) is 30.4 Å². The molecule has 0 aliphatic carbocycles. The summed E-state index contributed by atoms with van der Waals surface area (Å²) >= 11 is 0. The average Bonchev–Trinajstić information content (AvgIpc) is 2.11. The van der Waals surface area contributed by atoms with Gasteiger partial charge in [0.2, 0.25) is 0 Å². The zero-order chi connectivity index (χ0) is 10.6. The summed E-state index contributed by atoms with van der Waals surface area (Å²) in [5, 5.41) is 9.97. The zero-order valence-electron chi connectivity index (χ0n) is 9.38. The first-order valence-corrected chi connectivity index (χ1v) is 5.44. The molecule has 0 amide bonds. The van der Waals surface area contributed by atoms with E-state index in [9.17, 15) is 5.11 Å². The van der Waals surface area contributed by atoms with E-state index < -0.39 is 0 Å². The maximum Gasteiger partial charge on any atom is 0.121 e. The molecule has 0 spiro atoms. The number of benzene rings is 1. The second kappa shape index (κ2) is 5.04. The Morgan fingerprint density at radius 2 is 1.86 bits per heavy atom. The van der Waals surface area contributed by atoms with Crippen LogP contribution in [0.2, 0.25) is 0 Å². The Morgan fingerprint density at radius 3 is 2.43 bits per heavy atom. The molecule has 0 unspecified atom stereocenters. The van der Waals surface area contributed by atoms with Crippen LogP contribution in [0, 0.1) is 5.92 Å². The Balaban J connectivity index is 2.89. The molecule has 0 fully saturated rings. The van der Waals surface area contributed by atoms with Gasteiger partial charge in [-0.1, -0.05) is 45.4 Å². The van der Waals surface area contributed by atoms with Crippen molar-refractivity contribution < 1.29 is 5.11 Å². The summed E-state index contributed by atoms with van der Waals surface area (Å²) in [7, 11) is 0. The van der Waals surface area contributed by atoms with Crippen molar-refractivity contribution in [1.82, 2.24) is 0 Å². The van der Waals surface area contributed by atoms with Gasteiger partial charge >= 0.3 is 0 Å². The van der Waals surface area contributed by atoms with Gasteiger partial charge in [0.15, 0.2) is 0 Å². The van der Waals surface area contributed by atoms with Gasteiger partial charge in [-0.3, -0.25) is 0 Å². The molecule has 0 heterocycles. The molecule has 14 heavy (non-hydrogen) atoms. The molecule has 1 nitrogen and oxygen atoms in total. The van der Waals surface area contributed by atoms with Gasteiger partial charge < -0.3 is 5.11 Å². The van der Waals surface area contributed by atoms with Crippen LogP contribution in [0.4, 0.5) is 0 Å². The van der Waals surface area contributed by atoms with Crippen LogP contribution in [0.3, 0.4) is 0 Å². The predicted molar refractivity (Wildman–Crippen MR) is 60.6 cm³/mol. The molecule has 1 heteroatoms. The van der Waals surface area contributed by atoms with Crippen molar-refractivity contribution in [3.8, 4) is 5.75 Å². The molecule has 0 atom stereocenters. The van der Waals surface area contributed by atoms with Gasteiger partial charge in [0.25, 0.3) is 0 Å². The van der Waals surface area contributed by atoms with Crippen LogP contribution in [-0.2, 0) is 12.8 Å². The smallest absolute Gasteiger partial charge is 0.121 e. The van der Waals surface area contributed by atoms with E-state index in [-0.39, 0.29) is 0 Å². The van der Waals surface area contributed by atoms with Crippen LogP contribution in [0.1, 0.15) is 38.3 Å². The number of para-hydroxylation sites is 1. The monoisotopic (exact) mass is 192 g/mol. The van der Waals surface area contributed by atoms with Crippen molar-refractivity contribution in [3.63, 3.8) is 0 Å². The minimum absolute atomic E-state index is 0.517. The fourth-order valence-electron chi connectivity index (χ4n) is 1.72. The maximum atomic E-state index is 9.97. The third-order valence-electron chi connectivity index (χ3n) is 2.35. The van der Waals surface area contributed by atoms with E-state index in [1.165, 1.54) is 0 Å². The minimum atomic E-state index is 0.517. The van der Waals surface area contributed by atoms with Crippen LogP contribution in [-0.4, -0.2) is 5.11 Å². The van der Waals surface area contributed by atoms with Gasteiger partial charge in [-0.05, 0) is 29.9 Å². The SMILES string of the molecule is CCCc1cccc(CC(C)C)c1O. The Kier molecular flexibility index (Phi) is 3.99. The normalized spacial score (nSPS) is 10.9. The Bertz CT molecular complexity index is 289. The number of rotatable bonds is 4. The average molecular weight is 192 g/mol. The van der Waals surface area contributed by atoms with E-state index in [4.69, 9.17) is 0 Å². The Hall–Kier alpha value is -0.980. The fourth-order valence-corrected chi connectivity index (χ4v) is 1.72. The molecule has 1 aromatic rings. The van der Waals surface area contributed by atoms with Gasteiger partial charge in [-0.15, -0.1) is 0 Å². The van der Waals surface area contributed by atoms with Crippen molar-refractivity contribution in [3.05, 3.63) is 29.3 Å². The van der Waals surface area contributed by atoms with Crippen molar-refractivity contribution in [2.24, 2.45) is 5.92 Å². The number of phenolic OH excluding ortho intramolecular Hbond substituents is 1. The van der Waals surface area contributed by atoms with E-state index in [2.05, 4.69) is 20.8 Å². The fraction of sp³-hybridized carbons (Fsp3) is 0.538. The number of phenols is 1. The largest absolute Gasteiger partial charge is 0.507 e. The van der Waals surface area contributed by atoms with Crippen molar-refractivity contribution in [2.75, 3.05) is 0 Å². The molecule has 1 N–H and O–H groups in total. The molecule has 0 aliphatic rings. The van der Waals surface area contributed by atoms with Gasteiger partial charge in [0, 0.05) is 0 Å². The zero-order valence-corrected chi connectivity index (χ0v) is 9.38. The summed E-state index contributed by atoms with van der Waals surface area (Å²) in [5.41, 5.74) is 2.18. The van der Waals surface area contributed by atoms with Crippen molar-refractivity contribution >= 4 is 0 Å². The lowest BCUT2D eigenvalue weighted by Crippen LogP contribution is -1.96. The number of aromatic hydroxyl groups is 1. The molecule has 0 radical (unpaired) electrons. The van der Waals surface area contributed by atoms with Crippen LogP contribution >= 0.6 is 0 Å². The summed E-state index contributed by atoms with van der Waals surface area (Å²) in [6.07, 6.45) is 3.01. The predicted octanol–water partition coefficient (Wildman–Crippen LogP) is 3.54. The van der Waals surface area contributed by atoms with Gasteiger partial charge in [-0.25, -0.2) is 0 Å². The number of aryl methyl sites for hydroxylation is 1. The first kappa shape index (κ1) is 11.1. The molecule has 0 saturated carbocycles. The second-order valence-electron chi connectivity index (χ2n) is 4.27. The molecule has 0 bridgehead atoms. The molecule has 1 aromatic carbocycles. The molecular weight excluding hydrogens is 172 g/mol. The lowest BCUT2D eigenvalue weighted by molar-refractivity contribution is 0.455. The van der Waals surface area contributed by atoms with E-state index in [0.29, 0.717) is 11.7 Å². The van der Waals surface area contributed by atoms with E-state index >= 15 is 0 Å². The van der Waals surface area contributed by atoms with Crippen LogP contribution in [0.5, 0.6) is 5.75 Å². The third kappa shape index (κ3) is 2.76. The van der Waals surface area contributed by atoms with Crippen LogP contribution in [0.15, 0.2) is 18.2 Å². The first-order valence-electron chi connectivity index (χ1n) is 5.44. The summed E-state index contributed by atoms with van der Waals surface area (Å²) < 4.78 is 0. The van der Waals surface area contributed by atoms with Gasteiger partial charge in [0.1, 0.15) is 5.75 Å². The number of hydrogen-bond acceptors (Lipinski definition) is 1. The molecule has 0 aliphatic heterocycles. The summed E-state index contributed by atoms with van der Waals surface area (Å²) in [4.78, 5) is 0. The molecule has 78 valence electrons. The highest BCUT2D eigenvalue weighted by atomic mass is 16.3. The Morgan fingerprint density at radius 1 is 1.21 bits per heavy atom. The standard InChI is InChI=1S/C13H20O/c1-4-6-11-7-5-8-12(13(11)14)9-10(2)3/h5,7-8,10,14H,4,6,9H2,1-3H3. The lowest BCUT2D eigenvalue weighted by Gasteiger charge is -2.10. The summed E-state index contributed by atoms with van der Waals surface area (Å²) in [6, 6.07) is 6.08. The quantitative estimate of drug-likeness (QED) is 0.773. The lowest BCUT2D eigenvalue weighted by atomic mass is 9.98. The van der Waals surface area contributed by atoms with Crippen molar-refractivity contribution in [2.45, 2.75) is 40.0 Å². The van der Waals surface area contributed by atoms with Gasteiger partial charge in [-0.2, -0.15) is 0 Å². The highest BCUT2D eigenvalue weighted by molar-refractivity contribution is 5.40. The second-order valence-corrected chi connectivity index (χ2v) is 4.27. The van der Waals surface area contributed by atoms with Crippen LogP contribution < -0.4 is 0 Å². The maximum absolute atomic E-state index is 9.97. The topological polar surface area (TPSA) is 20.2 Å². The van der Waals surface area contributed by atoms with E-state index in [1.54, 1.807) is 0 Å². The highest BCUT2D eigenvalue weighted by Gasteiger charge is 2.07. The molecule has 1 rings (SSSR count). The molecule has 0 aromatic heterocycles. The number of hydrogen-bond donors (Lipinski definition) is 1.